The summed E-state index contributed by atoms with van der Waals surface area (Å²) < 4.78 is 0. The molecule has 0 aliphatic heterocycles. The van der Waals surface area contributed by atoms with Gasteiger partial charge in [0.25, 0.3) is 0 Å². The van der Waals surface area contributed by atoms with Crippen molar-refractivity contribution in [2.75, 3.05) is 6.16 Å². The van der Waals surface area contributed by atoms with Crippen LogP contribution in [0.15, 0.2) is 0 Å². The molecule has 0 aromatic heterocycles. The van der Waals surface area contributed by atoms with Crippen LogP contribution in [-0.2, 0) is 4.79 Å². The summed E-state index contributed by atoms with van der Waals surface area (Å²) in [4.78, 5) is 10.4. The van der Waals surface area contributed by atoms with Crippen molar-refractivity contribution in [3.05, 3.63) is 0 Å². The SMILES string of the molecule is CC(=O)CCCP(P)P. The molecule has 4 heteroatoms. The van der Waals surface area contributed by atoms with Crippen molar-refractivity contribution >= 4 is 30.9 Å². The van der Waals surface area contributed by atoms with Crippen LogP contribution in [-0.4, -0.2) is 11.9 Å². The molecule has 0 saturated carbocycles. The lowest BCUT2D eigenvalue weighted by molar-refractivity contribution is -0.117. The Hall–Kier alpha value is 0.960. The second-order valence-electron chi connectivity index (χ2n) is 2.04. The van der Waals surface area contributed by atoms with Gasteiger partial charge in [-0.15, -0.1) is 17.9 Å². The summed E-state index contributed by atoms with van der Waals surface area (Å²) in [5.41, 5.74) is 0. The van der Waals surface area contributed by atoms with Gasteiger partial charge in [0.2, 0.25) is 0 Å². The largest absolute Gasteiger partial charge is 0.300 e. The number of carbonyl (C=O) groups is 1. The first kappa shape index (κ1) is 9.96. The van der Waals surface area contributed by atoms with Crippen molar-refractivity contribution in [2.45, 2.75) is 19.8 Å². The maximum Gasteiger partial charge on any atom is 0.129 e. The van der Waals surface area contributed by atoms with Crippen LogP contribution in [0.4, 0.5) is 0 Å². The fourth-order valence-electron chi connectivity index (χ4n) is 0.511. The quantitative estimate of drug-likeness (QED) is 0.610. The Morgan fingerprint density at radius 1 is 1.56 bits per heavy atom. The molecular weight excluding hydrogens is 169 g/mol. The summed E-state index contributed by atoms with van der Waals surface area (Å²) in [5.74, 6) is 0.307. The third-order valence-corrected chi connectivity index (χ3v) is 3.33. The van der Waals surface area contributed by atoms with Crippen LogP contribution in [0, 0.1) is 0 Å². The molecule has 0 aromatic carbocycles. The number of hydrogen-bond donors (Lipinski definition) is 0. The third-order valence-electron chi connectivity index (χ3n) is 0.945. The van der Waals surface area contributed by atoms with Crippen molar-refractivity contribution in [3.8, 4) is 0 Å². The predicted octanol–water partition coefficient (Wildman–Crippen LogP) is 2.42. The van der Waals surface area contributed by atoms with Gasteiger partial charge >= 0.3 is 0 Å². The van der Waals surface area contributed by atoms with E-state index in [0.717, 1.165) is 12.8 Å². The van der Waals surface area contributed by atoms with E-state index in [2.05, 4.69) is 17.9 Å². The summed E-state index contributed by atoms with van der Waals surface area (Å²) >= 11 is 0. The van der Waals surface area contributed by atoms with E-state index in [1.54, 1.807) is 6.92 Å². The van der Waals surface area contributed by atoms with E-state index >= 15 is 0 Å². The Labute approximate surface area is 62.3 Å². The minimum atomic E-state index is 0.0500. The fraction of sp³-hybridized carbons (Fsp3) is 0.800. The average molecular weight is 182 g/mol. The zero-order valence-corrected chi connectivity index (χ0v) is 8.84. The lowest BCUT2D eigenvalue weighted by Gasteiger charge is -2.01. The molecule has 0 aliphatic carbocycles. The highest BCUT2D eigenvalue weighted by Gasteiger charge is 1.95. The lowest BCUT2D eigenvalue weighted by Crippen LogP contribution is -1.89. The van der Waals surface area contributed by atoms with Crippen molar-refractivity contribution in [3.63, 3.8) is 0 Å². The van der Waals surface area contributed by atoms with E-state index in [4.69, 9.17) is 0 Å². The first-order valence-electron chi connectivity index (χ1n) is 2.89. The van der Waals surface area contributed by atoms with Crippen molar-refractivity contribution < 1.29 is 4.79 Å². The number of hydrogen-bond acceptors (Lipinski definition) is 1. The van der Waals surface area contributed by atoms with E-state index < -0.39 is 0 Å². The number of rotatable bonds is 4. The van der Waals surface area contributed by atoms with Gasteiger partial charge in [-0.25, -0.2) is 0 Å². The molecule has 2 unspecified atom stereocenters. The van der Waals surface area contributed by atoms with E-state index in [0.29, 0.717) is 5.78 Å². The van der Waals surface area contributed by atoms with Gasteiger partial charge in [0.15, 0.2) is 0 Å². The zero-order valence-electron chi connectivity index (χ0n) is 5.63. The normalized spacial score (nSPS) is 10.2. The molecule has 0 aliphatic rings. The highest BCUT2D eigenvalue weighted by Crippen LogP contribution is 2.52. The standard InChI is InChI=1S/C5H13OP3/c1-5(6)3-2-4-9(7)8/h2-4,7-8H2,1H3. The van der Waals surface area contributed by atoms with Gasteiger partial charge in [0.05, 0.1) is 0 Å². The maximum absolute atomic E-state index is 10.4. The van der Waals surface area contributed by atoms with Gasteiger partial charge in [-0.2, -0.15) is 0 Å². The summed E-state index contributed by atoms with van der Waals surface area (Å²) in [7, 11) is 5.56. The van der Waals surface area contributed by atoms with Crippen LogP contribution in [0.1, 0.15) is 19.8 Å². The number of Topliss-reactive ketones (excluding diaryl/α,β-unsaturated/α-hetero) is 1. The topological polar surface area (TPSA) is 17.1 Å². The van der Waals surface area contributed by atoms with Crippen LogP contribution >= 0.6 is 25.2 Å². The molecule has 54 valence electrons. The van der Waals surface area contributed by atoms with Gasteiger partial charge in [-0.3, -0.25) is 0 Å². The minimum Gasteiger partial charge on any atom is -0.300 e. The fourth-order valence-corrected chi connectivity index (χ4v) is 2.13. The van der Waals surface area contributed by atoms with E-state index in [9.17, 15) is 4.79 Å². The Bertz CT molecular complexity index is 92.2. The van der Waals surface area contributed by atoms with Crippen molar-refractivity contribution in [1.29, 1.82) is 0 Å². The van der Waals surface area contributed by atoms with Crippen LogP contribution in [0.3, 0.4) is 0 Å². The Morgan fingerprint density at radius 2 is 2.11 bits per heavy atom. The first-order valence-corrected chi connectivity index (χ1v) is 7.65. The zero-order chi connectivity index (χ0) is 7.28. The highest BCUT2D eigenvalue weighted by atomic mass is 32.4. The van der Waals surface area contributed by atoms with Gasteiger partial charge in [-0.1, -0.05) is 7.30 Å². The minimum absolute atomic E-state index is 0.0500. The monoisotopic (exact) mass is 182 g/mol. The third kappa shape index (κ3) is 8.96. The van der Waals surface area contributed by atoms with Crippen LogP contribution in [0.25, 0.3) is 0 Å². The molecule has 0 N–H and O–H groups in total. The maximum atomic E-state index is 10.4. The Kier molecular flexibility index (Phi) is 6.33. The van der Waals surface area contributed by atoms with E-state index in [1.807, 2.05) is 0 Å². The molecular formula is C5H13OP3. The summed E-state index contributed by atoms with van der Waals surface area (Å²) in [6, 6.07) is 0. The highest BCUT2D eigenvalue weighted by molar-refractivity contribution is 8.43. The molecule has 0 heterocycles. The summed E-state index contributed by atoms with van der Waals surface area (Å²) in [6.07, 6.45) is 2.97. The number of ketones is 1. The molecule has 9 heavy (non-hydrogen) atoms. The molecule has 0 fully saturated rings. The first-order chi connectivity index (χ1) is 4.13. The molecule has 0 spiro atoms. The summed E-state index contributed by atoms with van der Waals surface area (Å²) in [6.45, 7) is 1.65. The molecule has 0 aromatic rings. The molecule has 2 atom stereocenters. The van der Waals surface area contributed by atoms with Gasteiger partial charge in [-0.05, 0) is 19.5 Å². The van der Waals surface area contributed by atoms with Gasteiger partial charge in [0, 0.05) is 6.42 Å². The van der Waals surface area contributed by atoms with Gasteiger partial charge in [0.1, 0.15) is 5.78 Å². The molecule has 1 nitrogen and oxygen atoms in total. The molecule has 0 saturated heterocycles. The van der Waals surface area contributed by atoms with Crippen molar-refractivity contribution in [2.24, 2.45) is 0 Å². The van der Waals surface area contributed by atoms with Crippen LogP contribution in [0.2, 0.25) is 0 Å². The molecule has 0 rings (SSSR count). The molecule has 0 amide bonds. The van der Waals surface area contributed by atoms with Gasteiger partial charge < -0.3 is 4.79 Å². The summed E-state index contributed by atoms with van der Waals surface area (Å²) in [5, 5.41) is 0. The predicted molar refractivity (Wildman–Crippen MR) is 51.1 cm³/mol. The van der Waals surface area contributed by atoms with Crippen LogP contribution in [0.5, 0.6) is 0 Å². The van der Waals surface area contributed by atoms with E-state index in [-0.39, 0.29) is 7.30 Å². The smallest absolute Gasteiger partial charge is 0.129 e. The molecule has 0 radical (unpaired) electrons. The van der Waals surface area contributed by atoms with Crippen LogP contribution < -0.4 is 0 Å². The Balaban J connectivity index is 3.01. The lowest BCUT2D eigenvalue weighted by atomic mass is 10.3. The van der Waals surface area contributed by atoms with Crippen molar-refractivity contribution in [1.82, 2.24) is 0 Å². The second-order valence-corrected chi connectivity index (χ2v) is 9.29. The average Bonchev–Trinajstić information content (AvgIpc) is 1.63. The molecule has 0 bridgehead atoms. The van der Waals surface area contributed by atoms with E-state index in [1.165, 1.54) is 6.16 Å². The second kappa shape index (κ2) is 5.72. The Morgan fingerprint density at radius 3 is 2.44 bits per heavy atom. The number of carbonyl (C=O) groups excluding carboxylic acids is 1.